The van der Waals surface area contributed by atoms with Gasteiger partial charge in [-0.05, 0) is 51.9 Å². The van der Waals surface area contributed by atoms with E-state index < -0.39 is 11.7 Å². The molecule has 1 aliphatic heterocycles. The normalized spacial score (nSPS) is 13.7. The number of carbonyl (C=O) groups is 2. The van der Waals surface area contributed by atoms with Crippen LogP contribution in [-0.4, -0.2) is 11.7 Å². The highest BCUT2D eigenvalue weighted by Crippen LogP contribution is 2.35. The van der Waals surface area contributed by atoms with E-state index in [1.807, 2.05) is 42.5 Å². The molecule has 3 aromatic rings. The Morgan fingerprint density at radius 3 is 2.07 bits per heavy atom. The van der Waals surface area contributed by atoms with Crippen molar-refractivity contribution in [3.05, 3.63) is 87.9 Å². The fourth-order valence-corrected chi connectivity index (χ4v) is 3.84. The zero-order chi connectivity index (χ0) is 20.8. The van der Waals surface area contributed by atoms with E-state index in [0.29, 0.717) is 17.8 Å². The van der Waals surface area contributed by atoms with Crippen LogP contribution in [0.25, 0.3) is 11.1 Å². The Kier molecular flexibility index (Phi) is 4.91. The molecule has 0 aliphatic carbocycles. The van der Waals surface area contributed by atoms with Crippen molar-refractivity contribution in [3.63, 3.8) is 0 Å². The molecular formula is C25H22BrNO2. The number of hydrogen-bond donors (Lipinski definition) is 0. The molecule has 0 N–H and O–H groups in total. The summed E-state index contributed by atoms with van der Waals surface area (Å²) in [5.74, 6) is -0.909. The second kappa shape index (κ2) is 7.27. The van der Waals surface area contributed by atoms with Crippen LogP contribution in [-0.2, 0) is 16.8 Å². The van der Waals surface area contributed by atoms with Gasteiger partial charge in [-0.3, -0.25) is 9.59 Å². The quantitative estimate of drug-likeness (QED) is 0.451. The molecule has 0 fully saturated rings. The Balaban J connectivity index is 1.65. The topological polar surface area (TPSA) is 37.4 Å². The van der Waals surface area contributed by atoms with E-state index in [2.05, 4.69) is 61.0 Å². The van der Waals surface area contributed by atoms with Gasteiger partial charge in [0, 0.05) is 4.47 Å². The summed E-state index contributed by atoms with van der Waals surface area (Å²) in [7, 11) is 0. The highest BCUT2D eigenvalue weighted by atomic mass is 79.9. The van der Waals surface area contributed by atoms with Crippen molar-refractivity contribution < 1.29 is 9.59 Å². The first kappa shape index (κ1) is 19.6. The standard InChI is InChI=1S/C25H22BrNO2/c1-25(2,3)19-9-6-17(7-10-19)18-8-13-22-21(14-18)23(28)24(29)27(22)15-16-4-11-20(26)12-5-16/h4-14H,15H2,1-3H3. The smallest absolute Gasteiger partial charge is 0.299 e. The summed E-state index contributed by atoms with van der Waals surface area (Å²) in [4.78, 5) is 26.8. The molecule has 0 saturated heterocycles. The first-order chi connectivity index (χ1) is 13.7. The van der Waals surface area contributed by atoms with E-state index >= 15 is 0 Å². The minimum atomic E-state index is -0.469. The molecule has 0 bridgehead atoms. The van der Waals surface area contributed by atoms with Crippen molar-refractivity contribution in [2.75, 3.05) is 4.90 Å². The number of hydrogen-bond acceptors (Lipinski definition) is 2. The zero-order valence-corrected chi connectivity index (χ0v) is 18.3. The van der Waals surface area contributed by atoms with Gasteiger partial charge in [-0.15, -0.1) is 0 Å². The molecule has 4 heteroatoms. The zero-order valence-electron chi connectivity index (χ0n) is 16.7. The van der Waals surface area contributed by atoms with Crippen molar-refractivity contribution >= 4 is 33.3 Å². The second-order valence-corrected chi connectivity index (χ2v) is 9.32. The van der Waals surface area contributed by atoms with Crippen LogP contribution in [0.3, 0.4) is 0 Å². The molecule has 0 saturated carbocycles. The average Bonchev–Trinajstić information content (AvgIpc) is 2.93. The summed E-state index contributed by atoms with van der Waals surface area (Å²) >= 11 is 3.42. The first-order valence-corrected chi connectivity index (χ1v) is 10.4. The molecule has 0 aromatic heterocycles. The van der Waals surface area contributed by atoms with Crippen LogP contribution < -0.4 is 4.90 Å². The van der Waals surface area contributed by atoms with Gasteiger partial charge >= 0.3 is 0 Å². The lowest BCUT2D eigenvalue weighted by atomic mass is 9.86. The molecule has 4 rings (SSSR count). The summed E-state index contributed by atoms with van der Waals surface area (Å²) in [6.45, 7) is 6.93. The van der Waals surface area contributed by atoms with Gasteiger partial charge in [0.25, 0.3) is 11.7 Å². The largest absolute Gasteiger partial charge is 0.300 e. The first-order valence-electron chi connectivity index (χ1n) is 9.59. The summed E-state index contributed by atoms with van der Waals surface area (Å²) in [5.41, 5.74) is 5.45. The van der Waals surface area contributed by atoms with Gasteiger partial charge in [-0.1, -0.05) is 79.2 Å². The number of amides is 1. The Morgan fingerprint density at radius 1 is 0.828 bits per heavy atom. The van der Waals surface area contributed by atoms with Crippen LogP contribution in [0.5, 0.6) is 0 Å². The number of fused-ring (bicyclic) bond motifs is 1. The van der Waals surface area contributed by atoms with E-state index in [1.165, 1.54) is 5.56 Å². The highest BCUT2D eigenvalue weighted by Gasteiger charge is 2.35. The van der Waals surface area contributed by atoms with E-state index in [1.54, 1.807) is 4.90 Å². The molecule has 1 heterocycles. The molecule has 3 nitrogen and oxygen atoms in total. The Labute approximate surface area is 179 Å². The maximum atomic E-state index is 12.6. The fraction of sp³-hybridized carbons (Fsp3) is 0.200. The lowest BCUT2D eigenvalue weighted by Crippen LogP contribution is -2.29. The van der Waals surface area contributed by atoms with Crippen LogP contribution in [0.1, 0.15) is 42.3 Å². The molecule has 3 aromatic carbocycles. The third kappa shape index (κ3) is 3.77. The molecular weight excluding hydrogens is 426 g/mol. The summed E-state index contributed by atoms with van der Waals surface area (Å²) < 4.78 is 0.979. The third-order valence-electron chi connectivity index (χ3n) is 5.31. The molecule has 0 spiro atoms. The van der Waals surface area contributed by atoms with Crippen LogP contribution in [0.15, 0.2) is 71.2 Å². The minimum Gasteiger partial charge on any atom is -0.300 e. The van der Waals surface area contributed by atoms with Gasteiger partial charge in [0.05, 0.1) is 17.8 Å². The van der Waals surface area contributed by atoms with Crippen LogP contribution in [0.2, 0.25) is 0 Å². The molecule has 29 heavy (non-hydrogen) atoms. The molecule has 0 unspecified atom stereocenters. The van der Waals surface area contributed by atoms with Crippen molar-refractivity contribution in [1.29, 1.82) is 0 Å². The SMILES string of the molecule is CC(C)(C)c1ccc(-c2ccc3c(c2)C(=O)C(=O)N3Cc2ccc(Br)cc2)cc1. The maximum Gasteiger partial charge on any atom is 0.299 e. The van der Waals surface area contributed by atoms with E-state index in [4.69, 9.17) is 0 Å². The second-order valence-electron chi connectivity index (χ2n) is 8.41. The van der Waals surface area contributed by atoms with Crippen molar-refractivity contribution in [2.24, 2.45) is 0 Å². The van der Waals surface area contributed by atoms with Crippen molar-refractivity contribution in [2.45, 2.75) is 32.7 Å². The highest BCUT2D eigenvalue weighted by molar-refractivity contribution is 9.10. The number of rotatable bonds is 3. The number of anilines is 1. The minimum absolute atomic E-state index is 0.0897. The summed E-state index contributed by atoms with van der Waals surface area (Å²) in [5, 5.41) is 0. The number of carbonyl (C=O) groups excluding carboxylic acids is 2. The number of halogens is 1. The van der Waals surface area contributed by atoms with Crippen molar-refractivity contribution in [3.8, 4) is 11.1 Å². The van der Waals surface area contributed by atoms with Gasteiger partial charge < -0.3 is 4.90 Å². The van der Waals surface area contributed by atoms with Gasteiger partial charge in [0.15, 0.2) is 0 Å². The maximum absolute atomic E-state index is 12.6. The number of benzene rings is 3. The predicted octanol–water partition coefficient (Wildman–Crippen LogP) is 6.14. The lowest BCUT2D eigenvalue weighted by Gasteiger charge is -2.19. The molecule has 1 amide bonds. The number of Topliss-reactive ketones (excluding diaryl/α,β-unsaturated/α-hetero) is 1. The average molecular weight is 448 g/mol. The molecule has 0 atom stereocenters. The molecule has 1 aliphatic rings. The Bertz CT molecular complexity index is 1090. The third-order valence-corrected chi connectivity index (χ3v) is 5.84. The van der Waals surface area contributed by atoms with Gasteiger partial charge in [0.2, 0.25) is 0 Å². The molecule has 146 valence electrons. The Hall–Kier alpha value is -2.72. The predicted molar refractivity (Wildman–Crippen MR) is 120 cm³/mol. The molecule has 0 radical (unpaired) electrons. The number of ketones is 1. The van der Waals surface area contributed by atoms with Gasteiger partial charge in [-0.25, -0.2) is 0 Å². The van der Waals surface area contributed by atoms with Gasteiger partial charge in [-0.2, -0.15) is 0 Å². The van der Waals surface area contributed by atoms with Crippen LogP contribution in [0.4, 0.5) is 5.69 Å². The van der Waals surface area contributed by atoms with E-state index in [0.717, 1.165) is 21.2 Å². The number of nitrogens with zero attached hydrogens (tertiary/aromatic N) is 1. The van der Waals surface area contributed by atoms with Gasteiger partial charge in [0.1, 0.15) is 0 Å². The van der Waals surface area contributed by atoms with E-state index in [-0.39, 0.29) is 5.41 Å². The van der Waals surface area contributed by atoms with Crippen LogP contribution in [0, 0.1) is 0 Å². The van der Waals surface area contributed by atoms with E-state index in [9.17, 15) is 9.59 Å². The monoisotopic (exact) mass is 447 g/mol. The summed E-state index contributed by atoms with van der Waals surface area (Å²) in [6.07, 6.45) is 0. The van der Waals surface area contributed by atoms with Crippen molar-refractivity contribution in [1.82, 2.24) is 0 Å². The fourth-order valence-electron chi connectivity index (χ4n) is 3.57. The Morgan fingerprint density at radius 2 is 1.45 bits per heavy atom. The van der Waals surface area contributed by atoms with Crippen LogP contribution >= 0.6 is 15.9 Å². The summed E-state index contributed by atoms with van der Waals surface area (Å²) in [6, 6.07) is 21.8. The lowest BCUT2D eigenvalue weighted by molar-refractivity contribution is -0.114.